The molecule has 0 spiro atoms. The molecule has 0 radical (unpaired) electrons. The highest BCUT2D eigenvalue weighted by Gasteiger charge is 2.01. The number of hydrogen-bond acceptors (Lipinski definition) is 4. The smallest absolute Gasteiger partial charge is 0.115 e. The third kappa shape index (κ3) is 4.40. The predicted octanol–water partition coefficient (Wildman–Crippen LogP) is 2.50. The Morgan fingerprint density at radius 3 is 2.89 bits per heavy atom. The maximum atomic E-state index is 8.74. The van der Waals surface area contributed by atoms with Gasteiger partial charge in [0.2, 0.25) is 0 Å². The van der Waals surface area contributed by atoms with Crippen molar-refractivity contribution in [3.8, 4) is 11.8 Å². The van der Waals surface area contributed by atoms with Crippen LogP contribution < -0.4 is 0 Å². The van der Waals surface area contributed by atoms with Gasteiger partial charge in [-0.1, -0.05) is 30.0 Å². The van der Waals surface area contributed by atoms with E-state index in [1.54, 1.807) is 30.4 Å². The molecule has 0 atom stereocenters. The van der Waals surface area contributed by atoms with Crippen molar-refractivity contribution in [1.29, 1.82) is 0 Å². The zero-order valence-electron chi connectivity index (χ0n) is 10.4. The Bertz CT molecular complexity index is 575. The fourth-order valence-corrected chi connectivity index (χ4v) is 2.32. The lowest BCUT2D eigenvalue weighted by Crippen LogP contribution is -1.88. The van der Waals surface area contributed by atoms with E-state index >= 15 is 0 Å². The molecule has 0 aliphatic rings. The predicted molar refractivity (Wildman–Crippen MR) is 76.6 cm³/mol. The Morgan fingerprint density at radius 1 is 1.21 bits per heavy atom. The average molecular weight is 270 g/mol. The minimum Gasteiger partial charge on any atom is -0.395 e. The molecular weight excluding hydrogens is 256 g/mol. The molecule has 96 valence electrons. The first kappa shape index (κ1) is 13.6. The van der Waals surface area contributed by atoms with Gasteiger partial charge in [0.05, 0.1) is 12.8 Å². The molecule has 2 aromatic rings. The van der Waals surface area contributed by atoms with Gasteiger partial charge in [-0.05, 0) is 11.6 Å². The van der Waals surface area contributed by atoms with Crippen LogP contribution in [-0.2, 0) is 5.75 Å². The van der Waals surface area contributed by atoms with Crippen molar-refractivity contribution in [2.75, 3.05) is 6.61 Å². The SMILES string of the molecule is OCCC#Cc1ccccc1CSc1cnccn1. The molecule has 1 aromatic carbocycles. The lowest BCUT2D eigenvalue weighted by molar-refractivity contribution is 0.305. The zero-order chi connectivity index (χ0) is 13.3. The molecule has 0 saturated heterocycles. The topological polar surface area (TPSA) is 46.0 Å². The van der Waals surface area contributed by atoms with Gasteiger partial charge in [-0.2, -0.15) is 0 Å². The van der Waals surface area contributed by atoms with Gasteiger partial charge in [0.25, 0.3) is 0 Å². The summed E-state index contributed by atoms with van der Waals surface area (Å²) in [7, 11) is 0. The maximum Gasteiger partial charge on any atom is 0.115 e. The highest BCUT2D eigenvalue weighted by atomic mass is 32.2. The summed E-state index contributed by atoms with van der Waals surface area (Å²) in [4.78, 5) is 8.27. The molecule has 0 amide bonds. The molecule has 1 heterocycles. The number of aliphatic hydroxyl groups is 1. The van der Waals surface area contributed by atoms with E-state index in [0.29, 0.717) is 6.42 Å². The van der Waals surface area contributed by atoms with E-state index in [9.17, 15) is 0 Å². The molecule has 3 nitrogen and oxygen atoms in total. The number of rotatable bonds is 4. The second-order valence-electron chi connectivity index (χ2n) is 3.76. The summed E-state index contributed by atoms with van der Waals surface area (Å²) in [5, 5.41) is 9.65. The first-order chi connectivity index (χ1) is 9.40. The van der Waals surface area contributed by atoms with E-state index in [4.69, 9.17) is 5.11 Å². The van der Waals surface area contributed by atoms with E-state index in [-0.39, 0.29) is 6.61 Å². The van der Waals surface area contributed by atoms with Gasteiger partial charge >= 0.3 is 0 Å². The van der Waals surface area contributed by atoms with Crippen LogP contribution in [-0.4, -0.2) is 21.7 Å². The molecule has 0 unspecified atom stereocenters. The second kappa shape index (κ2) is 7.57. The van der Waals surface area contributed by atoms with Crippen LogP contribution in [0.4, 0.5) is 0 Å². The quantitative estimate of drug-likeness (QED) is 0.685. The van der Waals surface area contributed by atoms with Gasteiger partial charge in [0.15, 0.2) is 0 Å². The Balaban J connectivity index is 2.06. The normalized spacial score (nSPS) is 9.74. The molecule has 0 saturated carbocycles. The molecule has 0 bridgehead atoms. The van der Waals surface area contributed by atoms with Crippen LogP contribution in [0.1, 0.15) is 17.5 Å². The number of hydrogen-bond donors (Lipinski definition) is 1. The van der Waals surface area contributed by atoms with Crippen LogP contribution in [0.25, 0.3) is 0 Å². The van der Waals surface area contributed by atoms with Crippen LogP contribution in [0.15, 0.2) is 47.9 Å². The van der Waals surface area contributed by atoms with Crippen molar-refractivity contribution >= 4 is 11.8 Å². The maximum absolute atomic E-state index is 8.74. The summed E-state index contributed by atoms with van der Waals surface area (Å²) in [5.74, 6) is 6.85. The Morgan fingerprint density at radius 2 is 2.11 bits per heavy atom. The summed E-state index contributed by atoms with van der Waals surface area (Å²) in [6, 6.07) is 8.03. The number of thioether (sulfide) groups is 1. The Labute approximate surface area is 117 Å². The van der Waals surface area contributed by atoms with Crippen LogP contribution >= 0.6 is 11.8 Å². The second-order valence-corrected chi connectivity index (χ2v) is 4.76. The molecule has 1 N–H and O–H groups in total. The molecule has 0 aliphatic heterocycles. The minimum atomic E-state index is 0.101. The van der Waals surface area contributed by atoms with Crippen molar-refractivity contribution < 1.29 is 5.11 Å². The largest absolute Gasteiger partial charge is 0.395 e. The van der Waals surface area contributed by atoms with Gasteiger partial charge in [-0.3, -0.25) is 4.98 Å². The fourth-order valence-electron chi connectivity index (χ4n) is 1.49. The van der Waals surface area contributed by atoms with Gasteiger partial charge in [0, 0.05) is 30.1 Å². The van der Waals surface area contributed by atoms with Gasteiger partial charge in [0.1, 0.15) is 5.03 Å². The molecule has 0 aliphatic carbocycles. The highest BCUT2D eigenvalue weighted by Crippen LogP contribution is 2.21. The molecule has 4 heteroatoms. The summed E-state index contributed by atoms with van der Waals surface area (Å²) in [6.07, 6.45) is 5.62. The van der Waals surface area contributed by atoms with Gasteiger partial charge in [-0.25, -0.2) is 4.98 Å². The molecular formula is C15H14N2OS. The van der Waals surface area contributed by atoms with Gasteiger partial charge in [-0.15, -0.1) is 11.8 Å². The fraction of sp³-hybridized carbons (Fsp3) is 0.200. The third-order valence-corrected chi connectivity index (χ3v) is 3.35. The Kier molecular flexibility index (Phi) is 5.42. The number of nitrogens with zero attached hydrogens (tertiary/aromatic N) is 2. The summed E-state index contributed by atoms with van der Waals surface area (Å²) >= 11 is 1.64. The zero-order valence-corrected chi connectivity index (χ0v) is 11.2. The first-order valence-corrected chi connectivity index (χ1v) is 6.95. The van der Waals surface area contributed by atoms with Crippen LogP contribution in [0, 0.1) is 11.8 Å². The van der Waals surface area contributed by atoms with Crippen molar-refractivity contribution in [1.82, 2.24) is 9.97 Å². The van der Waals surface area contributed by atoms with Gasteiger partial charge < -0.3 is 5.11 Å². The monoisotopic (exact) mass is 270 g/mol. The number of aliphatic hydroxyl groups excluding tert-OH is 1. The van der Waals surface area contributed by atoms with E-state index in [1.165, 1.54) is 5.56 Å². The molecule has 2 rings (SSSR count). The van der Waals surface area contributed by atoms with E-state index in [1.807, 2.05) is 18.2 Å². The average Bonchev–Trinajstić information content (AvgIpc) is 2.48. The van der Waals surface area contributed by atoms with Crippen molar-refractivity contribution in [2.24, 2.45) is 0 Å². The van der Waals surface area contributed by atoms with Crippen molar-refractivity contribution in [3.05, 3.63) is 54.0 Å². The third-order valence-electron chi connectivity index (χ3n) is 2.39. The molecule has 0 fully saturated rings. The summed E-state index contributed by atoms with van der Waals surface area (Å²) in [5.41, 5.74) is 2.18. The van der Waals surface area contributed by atoms with Crippen molar-refractivity contribution in [2.45, 2.75) is 17.2 Å². The van der Waals surface area contributed by atoms with Crippen LogP contribution in [0.5, 0.6) is 0 Å². The minimum absolute atomic E-state index is 0.101. The molecule has 19 heavy (non-hydrogen) atoms. The highest BCUT2D eigenvalue weighted by molar-refractivity contribution is 7.98. The lowest BCUT2D eigenvalue weighted by Gasteiger charge is -2.03. The summed E-state index contributed by atoms with van der Waals surface area (Å²) in [6.45, 7) is 0.101. The van der Waals surface area contributed by atoms with Crippen LogP contribution in [0.3, 0.4) is 0 Å². The van der Waals surface area contributed by atoms with E-state index in [2.05, 4.69) is 27.9 Å². The first-order valence-electron chi connectivity index (χ1n) is 5.96. The Hall–Kier alpha value is -1.83. The van der Waals surface area contributed by atoms with Crippen molar-refractivity contribution in [3.63, 3.8) is 0 Å². The number of benzene rings is 1. The molecule has 1 aromatic heterocycles. The standard InChI is InChI=1S/C15H14N2OS/c18-10-4-3-6-13-5-1-2-7-14(13)12-19-15-11-16-8-9-17-15/h1-2,5,7-9,11,18H,4,10,12H2. The number of aromatic nitrogens is 2. The van der Waals surface area contributed by atoms with Crippen LogP contribution in [0.2, 0.25) is 0 Å². The lowest BCUT2D eigenvalue weighted by atomic mass is 10.1. The summed E-state index contributed by atoms with van der Waals surface area (Å²) < 4.78 is 0. The van der Waals surface area contributed by atoms with E-state index in [0.717, 1.165) is 16.3 Å². The van der Waals surface area contributed by atoms with E-state index < -0.39 is 0 Å².